The van der Waals surface area contributed by atoms with E-state index in [9.17, 15) is 19.2 Å². The van der Waals surface area contributed by atoms with Crippen LogP contribution in [0.1, 0.15) is 68.6 Å². The number of amides is 2. The molecule has 0 aliphatic carbocycles. The first-order valence-corrected chi connectivity index (χ1v) is 17.2. The minimum absolute atomic E-state index is 0.0342. The molecule has 0 aromatic heterocycles. The lowest BCUT2D eigenvalue weighted by Gasteiger charge is -2.24. The largest absolute Gasteiger partial charge is 0.370 e. The van der Waals surface area contributed by atoms with Crippen LogP contribution in [-0.4, -0.2) is 48.0 Å². The van der Waals surface area contributed by atoms with Crippen LogP contribution in [0.2, 0.25) is 0 Å². The van der Waals surface area contributed by atoms with E-state index in [1.807, 2.05) is 97.9 Å². The number of hydrogen-bond donors (Lipinski definition) is 5. The molecule has 10 nitrogen and oxygen atoms in total. The highest BCUT2D eigenvalue weighted by Gasteiger charge is 2.31. The van der Waals surface area contributed by atoms with Crippen molar-refractivity contribution < 1.29 is 19.2 Å². The average molecular weight is 669 g/mol. The minimum atomic E-state index is -0.805. The Labute approximate surface area is 290 Å². The van der Waals surface area contributed by atoms with Gasteiger partial charge in [-0.2, -0.15) is 0 Å². The molecule has 0 saturated carbocycles. The molecule has 262 valence electrons. The van der Waals surface area contributed by atoms with Crippen molar-refractivity contribution >= 4 is 29.3 Å². The third-order valence-electron chi connectivity index (χ3n) is 8.54. The third kappa shape index (κ3) is 14.4. The highest BCUT2D eigenvalue weighted by molar-refractivity contribution is 5.94. The fourth-order valence-electron chi connectivity index (χ4n) is 5.73. The lowest BCUT2D eigenvalue weighted by atomic mass is 9.88. The van der Waals surface area contributed by atoms with Gasteiger partial charge in [-0.3, -0.25) is 24.2 Å². The van der Waals surface area contributed by atoms with E-state index in [0.29, 0.717) is 51.6 Å². The second kappa shape index (κ2) is 21.2. The number of unbranched alkanes of at least 4 members (excludes halogenated alkanes) is 1. The number of hydrogen-bond acceptors (Lipinski definition) is 6. The minimum Gasteiger partial charge on any atom is -0.370 e. The number of carbonyl (C=O) groups is 4. The molecule has 3 aromatic carbocycles. The molecule has 0 aliphatic heterocycles. The molecule has 0 bridgehead atoms. The Morgan fingerprint density at radius 3 is 1.80 bits per heavy atom. The van der Waals surface area contributed by atoms with Crippen LogP contribution in [0, 0.1) is 11.8 Å². The first kappa shape index (κ1) is 38.6. The van der Waals surface area contributed by atoms with E-state index in [4.69, 9.17) is 17.2 Å². The van der Waals surface area contributed by atoms with Gasteiger partial charge < -0.3 is 27.8 Å². The zero-order valence-corrected chi connectivity index (χ0v) is 28.6. The lowest BCUT2D eigenvalue weighted by Crippen LogP contribution is -2.46. The van der Waals surface area contributed by atoms with Gasteiger partial charge in [-0.05, 0) is 48.8 Å². The third-order valence-corrected chi connectivity index (χ3v) is 8.54. The molecule has 0 heterocycles. The van der Waals surface area contributed by atoms with Crippen LogP contribution in [0.15, 0.2) is 96.0 Å². The van der Waals surface area contributed by atoms with Gasteiger partial charge in [0.25, 0.3) is 0 Å². The van der Waals surface area contributed by atoms with Gasteiger partial charge >= 0.3 is 0 Å². The van der Waals surface area contributed by atoms with Crippen molar-refractivity contribution in [1.82, 2.24) is 10.6 Å². The van der Waals surface area contributed by atoms with Gasteiger partial charge in [0.2, 0.25) is 11.8 Å². The van der Waals surface area contributed by atoms with Crippen LogP contribution >= 0.6 is 0 Å². The summed E-state index contributed by atoms with van der Waals surface area (Å²) in [7, 11) is 0. The molecule has 0 radical (unpaired) electrons. The predicted molar refractivity (Wildman–Crippen MR) is 194 cm³/mol. The molecule has 1 unspecified atom stereocenters. The van der Waals surface area contributed by atoms with Crippen molar-refractivity contribution in [2.24, 2.45) is 34.0 Å². The van der Waals surface area contributed by atoms with E-state index in [0.717, 1.165) is 23.1 Å². The highest BCUT2D eigenvalue weighted by atomic mass is 16.2. The summed E-state index contributed by atoms with van der Waals surface area (Å²) in [5.41, 5.74) is 20.1. The molecular weight excluding hydrogens is 616 g/mol. The summed E-state index contributed by atoms with van der Waals surface area (Å²) in [5.74, 6) is -2.46. The van der Waals surface area contributed by atoms with Crippen molar-refractivity contribution in [2.75, 3.05) is 6.54 Å². The molecule has 3 aromatic rings. The Bertz CT molecular complexity index is 1480. The Morgan fingerprint density at radius 2 is 1.22 bits per heavy atom. The van der Waals surface area contributed by atoms with Crippen LogP contribution in [0.25, 0.3) is 0 Å². The summed E-state index contributed by atoms with van der Waals surface area (Å²) in [6, 6.07) is 27.0. The molecule has 10 heteroatoms. The van der Waals surface area contributed by atoms with Gasteiger partial charge in [-0.15, -0.1) is 0 Å². The summed E-state index contributed by atoms with van der Waals surface area (Å²) < 4.78 is 0. The van der Waals surface area contributed by atoms with Crippen molar-refractivity contribution in [3.8, 4) is 0 Å². The number of nitrogens with zero attached hydrogens (tertiary/aromatic N) is 1. The molecule has 49 heavy (non-hydrogen) atoms. The van der Waals surface area contributed by atoms with Crippen molar-refractivity contribution in [1.29, 1.82) is 0 Å². The number of nitrogens with one attached hydrogen (secondary N) is 2. The molecular formula is C39H52N6O4. The average Bonchev–Trinajstić information content (AvgIpc) is 3.10. The van der Waals surface area contributed by atoms with Gasteiger partial charge in [0.1, 0.15) is 0 Å². The molecule has 4 atom stereocenters. The number of guanidine groups is 1. The van der Waals surface area contributed by atoms with Crippen LogP contribution in [0.5, 0.6) is 0 Å². The smallest absolute Gasteiger partial charge is 0.224 e. The molecule has 3 rings (SSSR count). The number of benzene rings is 3. The van der Waals surface area contributed by atoms with E-state index in [-0.39, 0.29) is 42.2 Å². The van der Waals surface area contributed by atoms with Gasteiger partial charge in [-0.25, -0.2) is 0 Å². The van der Waals surface area contributed by atoms with Gasteiger partial charge in [0, 0.05) is 37.8 Å². The van der Waals surface area contributed by atoms with Crippen molar-refractivity contribution in [2.45, 2.75) is 83.3 Å². The second-order valence-corrected chi connectivity index (χ2v) is 12.6. The van der Waals surface area contributed by atoms with Crippen LogP contribution in [0.3, 0.4) is 0 Å². The maximum Gasteiger partial charge on any atom is 0.224 e. The molecule has 0 saturated heterocycles. The van der Waals surface area contributed by atoms with Crippen LogP contribution in [-0.2, 0) is 38.6 Å². The Kier molecular flexibility index (Phi) is 16.7. The number of carbonyl (C=O) groups excluding carboxylic acids is 4. The molecule has 0 fully saturated rings. The number of nitrogens with two attached hydrogens (primary N) is 3. The zero-order chi connectivity index (χ0) is 35.4. The fourth-order valence-corrected chi connectivity index (χ4v) is 5.73. The fraction of sp³-hybridized carbons (Fsp3) is 0.410. The standard InChI is InChI=1S/C39H52N6O4/c1-2-3-21-34(36(47)25-31(20-13-22-43-39(41)42)37(48)44-27-30-18-11-6-12-19-30)45-38(49)32(23-28-14-7-4-8-15-28)26-35(46)33(40)24-29-16-9-5-10-17-29/h4-12,14-19,31-34H,2-3,13,20-27,40H2,1H3,(H,44,48)(H,45,49)(H4,41,42,43)/t31-,32?,33+,34+/m0/s1. The Morgan fingerprint density at radius 1 is 0.673 bits per heavy atom. The number of ketones is 2. The number of rotatable bonds is 22. The number of Topliss-reactive ketones (excluding diaryl/α,β-unsaturated/α-hetero) is 2. The molecule has 0 aliphatic rings. The topological polar surface area (TPSA) is 183 Å². The summed E-state index contributed by atoms with van der Waals surface area (Å²) in [4.78, 5) is 58.6. The Hall–Kier alpha value is -4.83. The van der Waals surface area contributed by atoms with Crippen LogP contribution in [0.4, 0.5) is 0 Å². The van der Waals surface area contributed by atoms with Crippen molar-refractivity contribution in [3.63, 3.8) is 0 Å². The maximum atomic E-state index is 13.9. The summed E-state index contributed by atoms with van der Waals surface area (Å²) in [5, 5.41) is 5.94. The summed E-state index contributed by atoms with van der Waals surface area (Å²) >= 11 is 0. The van der Waals surface area contributed by atoms with E-state index in [1.54, 1.807) is 0 Å². The highest BCUT2D eigenvalue weighted by Crippen LogP contribution is 2.19. The normalized spacial score (nSPS) is 13.3. The molecule has 2 amide bonds. The summed E-state index contributed by atoms with van der Waals surface area (Å²) in [6.45, 7) is 2.67. The first-order valence-electron chi connectivity index (χ1n) is 17.2. The zero-order valence-electron chi connectivity index (χ0n) is 28.6. The molecule has 0 spiro atoms. The van der Waals surface area contributed by atoms with Gasteiger partial charge in [0.15, 0.2) is 17.5 Å². The van der Waals surface area contributed by atoms with Gasteiger partial charge in [0.05, 0.1) is 12.1 Å². The first-order chi connectivity index (χ1) is 23.7. The second-order valence-electron chi connectivity index (χ2n) is 12.6. The molecule has 8 N–H and O–H groups in total. The Balaban J connectivity index is 1.75. The SMILES string of the molecule is CCCC[C@@H](NC(=O)C(CC(=O)[C@H](N)Cc1ccccc1)Cc1ccccc1)C(=O)C[C@H](CCCN=C(N)N)C(=O)NCc1ccccc1. The maximum absolute atomic E-state index is 13.9. The lowest BCUT2D eigenvalue weighted by molar-refractivity contribution is -0.134. The van der Waals surface area contributed by atoms with E-state index < -0.39 is 23.9 Å². The summed E-state index contributed by atoms with van der Waals surface area (Å²) in [6.07, 6.45) is 3.42. The van der Waals surface area contributed by atoms with E-state index in [1.165, 1.54) is 0 Å². The van der Waals surface area contributed by atoms with Crippen molar-refractivity contribution in [3.05, 3.63) is 108 Å². The number of aliphatic imine (C=N–C) groups is 1. The van der Waals surface area contributed by atoms with Crippen LogP contribution < -0.4 is 27.8 Å². The predicted octanol–water partition coefficient (Wildman–Crippen LogP) is 3.99. The van der Waals surface area contributed by atoms with Gasteiger partial charge in [-0.1, -0.05) is 111 Å². The van der Waals surface area contributed by atoms with E-state index in [2.05, 4.69) is 15.6 Å². The van der Waals surface area contributed by atoms with E-state index >= 15 is 0 Å². The monoisotopic (exact) mass is 668 g/mol. The quantitative estimate of drug-likeness (QED) is 0.0609.